The highest BCUT2D eigenvalue weighted by Crippen LogP contribution is 2.24. The maximum absolute atomic E-state index is 11.8. The lowest BCUT2D eigenvalue weighted by atomic mass is 9.95. The summed E-state index contributed by atoms with van der Waals surface area (Å²) in [5.41, 5.74) is 0.750. The molecule has 19 heavy (non-hydrogen) atoms. The zero-order valence-corrected chi connectivity index (χ0v) is 10.3. The number of hydrogen-bond donors (Lipinski definition) is 1. The first kappa shape index (κ1) is 13.1. The molecule has 0 spiro atoms. The van der Waals surface area contributed by atoms with Crippen LogP contribution in [0.2, 0.25) is 0 Å². The van der Waals surface area contributed by atoms with Gasteiger partial charge in [0.25, 0.3) is 0 Å². The molecule has 6 nitrogen and oxygen atoms in total. The average molecular weight is 263 g/mol. The third-order valence-corrected chi connectivity index (χ3v) is 2.79. The van der Waals surface area contributed by atoms with Crippen LogP contribution >= 0.6 is 0 Å². The number of ether oxygens (including phenoxy) is 2. The Bertz CT molecular complexity index is 503. The van der Waals surface area contributed by atoms with Crippen LogP contribution in [0.1, 0.15) is 0 Å². The number of carbonyl (C=O) groups is 3. The van der Waals surface area contributed by atoms with Crippen LogP contribution < -0.4 is 5.32 Å². The summed E-state index contributed by atoms with van der Waals surface area (Å²) in [6, 6.07) is 0. The number of carbonyl (C=O) groups excluding carboxylic acids is 3. The largest absolute Gasteiger partial charge is 0.468 e. The van der Waals surface area contributed by atoms with Gasteiger partial charge in [0.1, 0.15) is 12.6 Å². The smallest absolute Gasteiger partial charge is 0.325 e. The van der Waals surface area contributed by atoms with Crippen molar-refractivity contribution in [1.29, 1.82) is 0 Å². The summed E-state index contributed by atoms with van der Waals surface area (Å²) >= 11 is 0. The third-order valence-electron chi connectivity index (χ3n) is 2.79. The maximum atomic E-state index is 11.8. The molecule has 0 aromatic rings. The minimum Gasteiger partial charge on any atom is -0.468 e. The molecule has 1 aliphatic carbocycles. The number of fused-ring (bicyclic) bond motifs is 1. The summed E-state index contributed by atoms with van der Waals surface area (Å²) < 4.78 is 9.53. The third kappa shape index (κ3) is 2.90. The standard InChI is InChI=1S/C13H13NO5/c1-18-11(15)7-14-12(16)9-6-8-4-2-3-5-10(8)19-13(9)17/h2-6,9-10H,7H2,1H3,(H,14,16). The summed E-state index contributed by atoms with van der Waals surface area (Å²) in [5.74, 6) is -2.82. The summed E-state index contributed by atoms with van der Waals surface area (Å²) in [7, 11) is 1.22. The number of allylic oxidation sites excluding steroid dienone is 2. The number of rotatable bonds is 3. The lowest BCUT2D eigenvalue weighted by Gasteiger charge is -2.25. The van der Waals surface area contributed by atoms with Crippen LogP contribution in [0.5, 0.6) is 0 Å². The van der Waals surface area contributed by atoms with Crippen molar-refractivity contribution < 1.29 is 23.9 Å². The molecule has 1 amide bonds. The van der Waals surface area contributed by atoms with Gasteiger partial charge in [-0.1, -0.05) is 24.3 Å². The molecule has 1 N–H and O–H groups in total. The molecule has 2 rings (SSSR count). The number of nitrogens with one attached hydrogen (secondary N) is 1. The normalized spacial score (nSPS) is 24.1. The van der Waals surface area contributed by atoms with Crippen LogP contribution in [0.3, 0.4) is 0 Å². The van der Waals surface area contributed by atoms with E-state index in [9.17, 15) is 14.4 Å². The van der Waals surface area contributed by atoms with Crippen molar-refractivity contribution >= 4 is 17.8 Å². The average Bonchev–Trinajstić information content (AvgIpc) is 2.43. The Morgan fingerprint density at radius 2 is 2.21 bits per heavy atom. The van der Waals surface area contributed by atoms with Gasteiger partial charge in [0, 0.05) is 0 Å². The number of methoxy groups -OCH3 is 1. The molecule has 0 fully saturated rings. The Morgan fingerprint density at radius 1 is 1.42 bits per heavy atom. The van der Waals surface area contributed by atoms with Gasteiger partial charge < -0.3 is 14.8 Å². The maximum Gasteiger partial charge on any atom is 0.325 e. The Hall–Kier alpha value is -2.37. The Morgan fingerprint density at radius 3 is 2.95 bits per heavy atom. The molecule has 2 unspecified atom stereocenters. The second-order valence-electron chi connectivity index (χ2n) is 4.04. The zero-order chi connectivity index (χ0) is 13.8. The molecule has 0 bridgehead atoms. The highest BCUT2D eigenvalue weighted by molar-refractivity contribution is 6.01. The molecular formula is C13H13NO5. The predicted octanol–water partition coefficient (Wildman–Crippen LogP) is -0.130. The van der Waals surface area contributed by atoms with E-state index in [-0.39, 0.29) is 6.54 Å². The highest BCUT2D eigenvalue weighted by Gasteiger charge is 2.34. The first-order valence-corrected chi connectivity index (χ1v) is 5.73. The predicted molar refractivity (Wildman–Crippen MR) is 64.8 cm³/mol. The monoisotopic (exact) mass is 263 g/mol. The number of esters is 2. The van der Waals surface area contributed by atoms with E-state index in [2.05, 4.69) is 10.1 Å². The van der Waals surface area contributed by atoms with Gasteiger partial charge >= 0.3 is 11.9 Å². The molecule has 2 aliphatic rings. The molecule has 0 saturated heterocycles. The van der Waals surface area contributed by atoms with Gasteiger partial charge in [0.2, 0.25) is 5.91 Å². The van der Waals surface area contributed by atoms with E-state index in [0.717, 1.165) is 5.57 Å². The number of amides is 1. The van der Waals surface area contributed by atoms with Gasteiger partial charge in [-0.3, -0.25) is 14.4 Å². The van der Waals surface area contributed by atoms with Crippen molar-refractivity contribution in [3.05, 3.63) is 36.0 Å². The fourth-order valence-electron chi connectivity index (χ4n) is 1.78. The molecule has 0 aromatic carbocycles. The van der Waals surface area contributed by atoms with Crippen LogP contribution in [0.4, 0.5) is 0 Å². The van der Waals surface area contributed by atoms with Crippen molar-refractivity contribution in [3.8, 4) is 0 Å². The quantitative estimate of drug-likeness (QED) is 0.566. The molecule has 0 aromatic heterocycles. The van der Waals surface area contributed by atoms with Crippen molar-refractivity contribution in [2.75, 3.05) is 13.7 Å². The topological polar surface area (TPSA) is 81.7 Å². The SMILES string of the molecule is COC(=O)CNC(=O)C1C=C2C=CC=CC2OC1=O. The Balaban J connectivity index is 2.05. The molecular weight excluding hydrogens is 250 g/mol. The van der Waals surface area contributed by atoms with E-state index in [0.29, 0.717) is 0 Å². The van der Waals surface area contributed by atoms with Crippen LogP contribution in [0.15, 0.2) is 36.0 Å². The van der Waals surface area contributed by atoms with Crippen LogP contribution in [0, 0.1) is 5.92 Å². The lowest BCUT2D eigenvalue weighted by molar-refractivity contribution is -0.154. The minimum atomic E-state index is -1.04. The molecule has 0 radical (unpaired) electrons. The Kier molecular flexibility index (Phi) is 3.79. The van der Waals surface area contributed by atoms with E-state index in [1.807, 2.05) is 0 Å². The van der Waals surface area contributed by atoms with Crippen molar-refractivity contribution in [3.63, 3.8) is 0 Å². The van der Waals surface area contributed by atoms with Gasteiger partial charge in [0.15, 0.2) is 5.92 Å². The van der Waals surface area contributed by atoms with E-state index in [4.69, 9.17) is 4.74 Å². The van der Waals surface area contributed by atoms with Crippen molar-refractivity contribution in [2.24, 2.45) is 5.92 Å². The van der Waals surface area contributed by atoms with E-state index < -0.39 is 29.9 Å². The van der Waals surface area contributed by atoms with E-state index >= 15 is 0 Å². The van der Waals surface area contributed by atoms with E-state index in [1.165, 1.54) is 7.11 Å². The molecule has 1 aliphatic heterocycles. The minimum absolute atomic E-state index is 0.276. The van der Waals surface area contributed by atoms with E-state index in [1.54, 1.807) is 30.4 Å². The van der Waals surface area contributed by atoms with Gasteiger partial charge in [0.05, 0.1) is 7.11 Å². The first-order valence-electron chi connectivity index (χ1n) is 5.73. The summed E-state index contributed by atoms with van der Waals surface area (Å²) in [4.78, 5) is 34.4. The van der Waals surface area contributed by atoms with Crippen molar-refractivity contribution in [2.45, 2.75) is 6.10 Å². The summed E-state index contributed by atoms with van der Waals surface area (Å²) in [6.07, 6.45) is 8.19. The molecule has 6 heteroatoms. The fraction of sp³-hybridized carbons (Fsp3) is 0.308. The number of hydrogen-bond acceptors (Lipinski definition) is 5. The molecule has 2 atom stereocenters. The highest BCUT2D eigenvalue weighted by atomic mass is 16.5. The zero-order valence-electron chi connectivity index (χ0n) is 10.3. The van der Waals surface area contributed by atoms with Gasteiger partial charge in [-0.25, -0.2) is 0 Å². The lowest BCUT2D eigenvalue weighted by Crippen LogP contribution is -2.41. The van der Waals surface area contributed by atoms with Gasteiger partial charge in [-0.05, 0) is 11.6 Å². The first-order chi connectivity index (χ1) is 9.11. The van der Waals surface area contributed by atoms with Crippen LogP contribution in [-0.4, -0.2) is 37.6 Å². The Labute approximate surface area is 109 Å². The van der Waals surface area contributed by atoms with Gasteiger partial charge in [-0.15, -0.1) is 0 Å². The van der Waals surface area contributed by atoms with Gasteiger partial charge in [-0.2, -0.15) is 0 Å². The molecule has 100 valence electrons. The second kappa shape index (κ2) is 5.51. The van der Waals surface area contributed by atoms with Crippen LogP contribution in [-0.2, 0) is 23.9 Å². The summed E-state index contributed by atoms with van der Waals surface area (Å²) in [5, 5.41) is 2.33. The van der Waals surface area contributed by atoms with Crippen molar-refractivity contribution in [1.82, 2.24) is 5.32 Å². The molecule has 0 saturated carbocycles. The van der Waals surface area contributed by atoms with Crippen LogP contribution in [0.25, 0.3) is 0 Å². The fourth-order valence-corrected chi connectivity index (χ4v) is 1.78. The summed E-state index contributed by atoms with van der Waals surface area (Å²) in [6.45, 7) is -0.276. The second-order valence-corrected chi connectivity index (χ2v) is 4.04. The molecule has 1 heterocycles.